The molecule has 2 saturated heterocycles. The van der Waals surface area contributed by atoms with Crippen molar-refractivity contribution in [2.45, 2.75) is 31.2 Å². The van der Waals surface area contributed by atoms with Gasteiger partial charge in [-0.05, 0) is 50.1 Å². The van der Waals surface area contributed by atoms with E-state index >= 15 is 0 Å². The smallest absolute Gasteiger partial charge is 0.247 e. The molecule has 3 heterocycles. The Bertz CT molecular complexity index is 664. The third-order valence-electron chi connectivity index (χ3n) is 5.05. The molecule has 1 aromatic carbocycles. The molecule has 0 unspecified atom stereocenters. The topological polar surface area (TPSA) is 60.6 Å². The van der Waals surface area contributed by atoms with Gasteiger partial charge in [0.2, 0.25) is 11.8 Å². The molecule has 1 aromatic heterocycles. The van der Waals surface area contributed by atoms with Crippen molar-refractivity contribution >= 4 is 0 Å². The lowest BCUT2D eigenvalue weighted by atomic mass is 10.1. The van der Waals surface area contributed by atoms with Crippen molar-refractivity contribution in [3.8, 4) is 17.2 Å². The van der Waals surface area contributed by atoms with E-state index in [-0.39, 0.29) is 0 Å². The molecule has 0 N–H and O–H groups in total. The van der Waals surface area contributed by atoms with Crippen LogP contribution in [-0.4, -0.2) is 54.6 Å². The van der Waals surface area contributed by atoms with Gasteiger partial charge in [-0.2, -0.15) is 0 Å². The summed E-state index contributed by atoms with van der Waals surface area (Å²) < 4.78 is 16.6. The zero-order chi connectivity index (χ0) is 16.4. The average molecular weight is 329 g/mol. The second-order valence-corrected chi connectivity index (χ2v) is 6.50. The number of likely N-dealkylation sites (tertiary alicyclic amines) is 1. The summed E-state index contributed by atoms with van der Waals surface area (Å²) in [6.07, 6.45) is 3.35. The monoisotopic (exact) mass is 329 g/mol. The maximum absolute atomic E-state index is 5.95. The molecule has 6 nitrogen and oxygen atoms in total. The molecule has 0 radical (unpaired) electrons. The fourth-order valence-corrected chi connectivity index (χ4v) is 3.62. The van der Waals surface area contributed by atoms with Gasteiger partial charge in [0.25, 0.3) is 0 Å². The van der Waals surface area contributed by atoms with Gasteiger partial charge in [-0.3, -0.25) is 4.90 Å². The molecule has 4 rings (SSSR count). The first-order chi connectivity index (χ1) is 11.8. The maximum atomic E-state index is 5.95. The molecule has 2 aromatic rings. The summed E-state index contributed by atoms with van der Waals surface area (Å²) >= 11 is 0. The number of hydrogen-bond donors (Lipinski definition) is 0. The lowest BCUT2D eigenvalue weighted by Crippen LogP contribution is -2.37. The standard InChI is InChI=1S/C18H23N3O3/c1-22-16-4-2-13(3-5-16)17-19-20-18(24-17)14-6-9-21(12-14)15-7-10-23-11-8-15/h2-5,14-15H,6-12H2,1H3/t14-/m0/s1. The van der Waals surface area contributed by atoms with Gasteiger partial charge in [0, 0.05) is 31.4 Å². The minimum absolute atomic E-state index is 0.340. The van der Waals surface area contributed by atoms with Gasteiger partial charge in [0.05, 0.1) is 13.0 Å². The van der Waals surface area contributed by atoms with E-state index in [1.165, 1.54) is 0 Å². The van der Waals surface area contributed by atoms with Crippen LogP contribution in [-0.2, 0) is 4.74 Å². The number of hydrogen-bond acceptors (Lipinski definition) is 6. The molecule has 0 spiro atoms. The Balaban J connectivity index is 1.43. The van der Waals surface area contributed by atoms with Crippen LogP contribution in [0.4, 0.5) is 0 Å². The van der Waals surface area contributed by atoms with Crippen LogP contribution >= 0.6 is 0 Å². The molecule has 1 atom stereocenters. The summed E-state index contributed by atoms with van der Waals surface area (Å²) in [6.45, 7) is 3.88. The fraction of sp³-hybridized carbons (Fsp3) is 0.556. The van der Waals surface area contributed by atoms with Crippen molar-refractivity contribution in [2.24, 2.45) is 0 Å². The van der Waals surface area contributed by atoms with E-state index in [0.717, 1.165) is 62.8 Å². The highest BCUT2D eigenvalue weighted by molar-refractivity contribution is 5.54. The van der Waals surface area contributed by atoms with Crippen LogP contribution in [0, 0.1) is 0 Å². The van der Waals surface area contributed by atoms with E-state index < -0.39 is 0 Å². The van der Waals surface area contributed by atoms with Crippen LogP contribution in [0.25, 0.3) is 11.5 Å². The van der Waals surface area contributed by atoms with E-state index in [2.05, 4.69) is 15.1 Å². The quantitative estimate of drug-likeness (QED) is 0.859. The SMILES string of the molecule is COc1ccc(-c2nnc([C@H]3CCN(C4CCOCC4)C3)o2)cc1. The summed E-state index contributed by atoms with van der Waals surface area (Å²) in [6, 6.07) is 8.34. The minimum Gasteiger partial charge on any atom is -0.497 e. The maximum Gasteiger partial charge on any atom is 0.247 e. The van der Waals surface area contributed by atoms with Crippen LogP contribution in [0.3, 0.4) is 0 Å². The van der Waals surface area contributed by atoms with Gasteiger partial charge in [-0.25, -0.2) is 0 Å². The highest BCUT2D eigenvalue weighted by atomic mass is 16.5. The number of nitrogens with zero attached hydrogens (tertiary/aromatic N) is 3. The second-order valence-electron chi connectivity index (χ2n) is 6.50. The van der Waals surface area contributed by atoms with Gasteiger partial charge in [-0.1, -0.05) is 0 Å². The van der Waals surface area contributed by atoms with E-state index in [9.17, 15) is 0 Å². The molecule has 0 aliphatic carbocycles. The lowest BCUT2D eigenvalue weighted by Gasteiger charge is -2.30. The molecule has 0 saturated carbocycles. The molecular formula is C18H23N3O3. The summed E-state index contributed by atoms with van der Waals surface area (Å²) in [5.74, 6) is 2.50. The normalized spacial score (nSPS) is 22.8. The minimum atomic E-state index is 0.340. The van der Waals surface area contributed by atoms with Crippen LogP contribution in [0.5, 0.6) is 5.75 Å². The predicted octanol–water partition coefficient (Wildman–Crippen LogP) is 2.71. The Hall–Kier alpha value is -1.92. The van der Waals surface area contributed by atoms with Gasteiger partial charge in [0.1, 0.15) is 5.75 Å². The van der Waals surface area contributed by atoms with Crippen LogP contribution < -0.4 is 4.74 Å². The van der Waals surface area contributed by atoms with Crippen molar-refractivity contribution < 1.29 is 13.9 Å². The Morgan fingerprint density at radius 3 is 2.62 bits per heavy atom. The van der Waals surface area contributed by atoms with E-state index in [1.807, 2.05) is 24.3 Å². The Morgan fingerprint density at radius 1 is 1.08 bits per heavy atom. The molecule has 2 aliphatic rings. The molecule has 6 heteroatoms. The van der Waals surface area contributed by atoms with Crippen molar-refractivity contribution in [1.29, 1.82) is 0 Å². The third-order valence-corrected chi connectivity index (χ3v) is 5.05. The van der Waals surface area contributed by atoms with Gasteiger partial charge in [-0.15, -0.1) is 10.2 Å². The highest BCUT2D eigenvalue weighted by Gasteiger charge is 2.32. The zero-order valence-electron chi connectivity index (χ0n) is 14.0. The summed E-state index contributed by atoms with van der Waals surface area (Å²) in [4.78, 5) is 2.56. The molecule has 0 amide bonds. The van der Waals surface area contributed by atoms with Gasteiger partial charge >= 0.3 is 0 Å². The highest BCUT2D eigenvalue weighted by Crippen LogP contribution is 2.31. The Kier molecular flexibility index (Phi) is 4.49. The van der Waals surface area contributed by atoms with Crippen molar-refractivity contribution in [2.75, 3.05) is 33.4 Å². The van der Waals surface area contributed by atoms with Gasteiger partial charge < -0.3 is 13.9 Å². The molecule has 24 heavy (non-hydrogen) atoms. The van der Waals surface area contributed by atoms with Crippen LogP contribution in [0.15, 0.2) is 28.7 Å². The first-order valence-corrected chi connectivity index (χ1v) is 8.63. The second kappa shape index (κ2) is 6.91. The summed E-state index contributed by atoms with van der Waals surface area (Å²) in [5.41, 5.74) is 0.925. The molecule has 0 bridgehead atoms. The van der Waals surface area contributed by atoms with Crippen LogP contribution in [0.1, 0.15) is 31.1 Å². The molecule has 128 valence electrons. The van der Waals surface area contributed by atoms with Crippen molar-refractivity contribution in [3.05, 3.63) is 30.2 Å². The van der Waals surface area contributed by atoms with Crippen LogP contribution in [0.2, 0.25) is 0 Å². The molecule has 2 aliphatic heterocycles. The number of ether oxygens (including phenoxy) is 2. The fourth-order valence-electron chi connectivity index (χ4n) is 3.62. The van der Waals surface area contributed by atoms with Crippen molar-refractivity contribution in [3.63, 3.8) is 0 Å². The summed E-state index contributed by atoms with van der Waals surface area (Å²) in [5, 5.41) is 8.53. The van der Waals surface area contributed by atoms with Crippen molar-refractivity contribution in [1.82, 2.24) is 15.1 Å². The van der Waals surface area contributed by atoms with E-state index in [4.69, 9.17) is 13.9 Å². The first-order valence-electron chi connectivity index (χ1n) is 8.63. The predicted molar refractivity (Wildman–Crippen MR) is 89.1 cm³/mol. The number of methoxy groups -OCH3 is 1. The number of benzene rings is 1. The van der Waals surface area contributed by atoms with Gasteiger partial charge in [0.15, 0.2) is 0 Å². The van der Waals surface area contributed by atoms with E-state index in [0.29, 0.717) is 17.9 Å². The Morgan fingerprint density at radius 2 is 1.88 bits per heavy atom. The molecule has 2 fully saturated rings. The summed E-state index contributed by atoms with van der Waals surface area (Å²) in [7, 11) is 1.66. The third kappa shape index (κ3) is 3.16. The lowest BCUT2D eigenvalue weighted by molar-refractivity contribution is 0.0417. The Labute approximate surface area is 141 Å². The largest absolute Gasteiger partial charge is 0.497 e. The number of rotatable bonds is 4. The van der Waals surface area contributed by atoms with E-state index in [1.54, 1.807) is 7.11 Å². The number of aromatic nitrogens is 2. The first kappa shape index (κ1) is 15.6. The average Bonchev–Trinajstić information content (AvgIpc) is 3.32. The zero-order valence-corrected chi connectivity index (χ0v) is 14.0. The molecular weight excluding hydrogens is 306 g/mol.